The number of halogens is 2. The van der Waals surface area contributed by atoms with Crippen LogP contribution in [0.2, 0.25) is 0 Å². The van der Waals surface area contributed by atoms with Crippen molar-refractivity contribution in [2.75, 3.05) is 0 Å². The molecule has 0 unspecified atom stereocenters. The Kier molecular flexibility index (Phi) is 4.77. The number of benzene rings is 2. The summed E-state index contributed by atoms with van der Waals surface area (Å²) >= 11 is 0. The molecule has 0 saturated heterocycles. The van der Waals surface area contributed by atoms with Crippen molar-refractivity contribution in [1.82, 2.24) is 0 Å². The van der Waals surface area contributed by atoms with Crippen LogP contribution in [0.15, 0.2) is 48.5 Å². The third-order valence-electron chi connectivity index (χ3n) is 2.73. The largest absolute Gasteiger partial charge is 0.455 e. The lowest BCUT2D eigenvalue weighted by Gasteiger charge is -2.04. The number of ether oxygens (including phenoxy) is 1. The molecule has 2 aromatic rings. The minimum absolute atomic E-state index is 0.0249. The summed E-state index contributed by atoms with van der Waals surface area (Å²) < 4.78 is 30.8. The van der Waals surface area contributed by atoms with Crippen LogP contribution in [0.5, 0.6) is 0 Å². The topological polar surface area (TPSA) is 43.4 Å². The molecular weight excluding hydrogens is 278 g/mol. The molecule has 5 heteroatoms. The highest BCUT2D eigenvalue weighted by Crippen LogP contribution is 2.09. The van der Waals surface area contributed by atoms with E-state index in [0.717, 1.165) is 17.7 Å². The van der Waals surface area contributed by atoms with Crippen molar-refractivity contribution < 1.29 is 23.1 Å². The van der Waals surface area contributed by atoms with Crippen molar-refractivity contribution >= 4 is 11.8 Å². The second-order valence-corrected chi connectivity index (χ2v) is 4.44. The number of ketones is 1. The van der Waals surface area contributed by atoms with E-state index in [1.807, 2.05) is 6.07 Å². The maximum atomic E-state index is 13.0. The average molecular weight is 290 g/mol. The molecule has 108 valence electrons. The highest BCUT2D eigenvalue weighted by molar-refractivity contribution is 6.34. The van der Waals surface area contributed by atoms with Gasteiger partial charge in [0.1, 0.15) is 18.2 Å². The summed E-state index contributed by atoms with van der Waals surface area (Å²) in [4.78, 5) is 23.2. The van der Waals surface area contributed by atoms with E-state index in [1.54, 1.807) is 24.3 Å². The molecule has 0 saturated carbocycles. The number of hydrogen-bond donors (Lipinski definition) is 0. The van der Waals surface area contributed by atoms with Gasteiger partial charge in [-0.3, -0.25) is 4.79 Å². The number of rotatable bonds is 5. The van der Waals surface area contributed by atoms with Crippen LogP contribution in [0.25, 0.3) is 0 Å². The van der Waals surface area contributed by atoms with Crippen molar-refractivity contribution in [3.8, 4) is 0 Å². The van der Waals surface area contributed by atoms with Crippen LogP contribution in [0.1, 0.15) is 11.1 Å². The molecule has 0 aliphatic carbocycles. The van der Waals surface area contributed by atoms with Crippen molar-refractivity contribution in [2.24, 2.45) is 0 Å². The molecule has 0 N–H and O–H groups in total. The maximum absolute atomic E-state index is 13.0. The minimum atomic E-state index is -1.02. The van der Waals surface area contributed by atoms with Gasteiger partial charge in [-0.25, -0.2) is 13.6 Å². The van der Waals surface area contributed by atoms with Crippen molar-refractivity contribution in [1.29, 1.82) is 0 Å². The lowest BCUT2D eigenvalue weighted by molar-refractivity contribution is -0.154. The Hall–Kier alpha value is -2.56. The summed E-state index contributed by atoms with van der Waals surface area (Å²) in [6.07, 6.45) is -0.400. The van der Waals surface area contributed by atoms with Gasteiger partial charge in [-0.05, 0) is 23.3 Å². The Morgan fingerprint density at radius 1 is 0.905 bits per heavy atom. The molecule has 0 amide bonds. The number of carbonyl (C=O) groups excluding carboxylic acids is 2. The zero-order valence-corrected chi connectivity index (χ0v) is 11.0. The Bertz CT molecular complexity index is 634. The Balaban J connectivity index is 1.92. The fourth-order valence-corrected chi connectivity index (χ4v) is 1.77. The van der Waals surface area contributed by atoms with Gasteiger partial charge in [-0.1, -0.05) is 30.3 Å². The fraction of sp³-hybridized carbons (Fsp3) is 0.125. The molecule has 0 atom stereocenters. The van der Waals surface area contributed by atoms with Crippen LogP contribution in [-0.2, 0) is 27.4 Å². The van der Waals surface area contributed by atoms with Crippen LogP contribution in [-0.4, -0.2) is 11.8 Å². The predicted molar refractivity (Wildman–Crippen MR) is 71.3 cm³/mol. The van der Waals surface area contributed by atoms with Gasteiger partial charge in [0.25, 0.3) is 0 Å². The van der Waals surface area contributed by atoms with E-state index in [1.165, 1.54) is 0 Å². The molecular formula is C16H12F2O3. The summed E-state index contributed by atoms with van der Waals surface area (Å²) in [6, 6.07) is 11.6. The SMILES string of the molecule is O=C(Cc1cc(F)cc(F)c1)C(=O)OCc1ccccc1. The third kappa shape index (κ3) is 4.49. The molecule has 0 heterocycles. The summed E-state index contributed by atoms with van der Waals surface area (Å²) in [5.74, 6) is -3.47. The molecule has 3 nitrogen and oxygen atoms in total. The number of esters is 1. The molecule has 0 aliphatic heterocycles. The molecule has 0 radical (unpaired) electrons. The van der Waals surface area contributed by atoms with Crippen LogP contribution in [0, 0.1) is 11.6 Å². The van der Waals surface area contributed by atoms with Crippen molar-refractivity contribution in [3.63, 3.8) is 0 Å². The first-order valence-electron chi connectivity index (χ1n) is 6.23. The van der Waals surface area contributed by atoms with Crippen LogP contribution >= 0.6 is 0 Å². The Morgan fingerprint density at radius 3 is 2.14 bits per heavy atom. The lowest BCUT2D eigenvalue weighted by Crippen LogP contribution is -2.19. The zero-order valence-electron chi connectivity index (χ0n) is 11.0. The lowest BCUT2D eigenvalue weighted by atomic mass is 10.1. The van der Waals surface area contributed by atoms with Crippen molar-refractivity contribution in [2.45, 2.75) is 13.0 Å². The third-order valence-corrected chi connectivity index (χ3v) is 2.73. The van der Waals surface area contributed by atoms with Gasteiger partial charge in [0, 0.05) is 12.5 Å². The second-order valence-electron chi connectivity index (χ2n) is 4.44. The van der Waals surface area contributed by atoms with E-state index < -0.39 is 29.8 Å². The molecule has 0 aliphatic rings. The van der Waals surface area contributed by atoms with Crippen LogP contribution in [0.4, 0.5) is 8.78 Å². The van der Waals surface area contributed by atoms with Crippen LogP contribution < -0.4 is 0 Å². The molecule has 0 aromatic heterocycles. The predicted octanol–water partition coefficient (Wildman–Crippen LogP) is 2.82. The molecule has 2 rings (SSSR count). The highest BCUT2D eigenvalue weighted by atomic mass is 19.1. The number of Topliss-reactive ketones (excluding diaryl/α,β-unsaturated/α-hetero) is 1. The van der Waals surface area contributed by atoms with Gasteiger partial charge in [0.05, 0.1) is 0 Å². The van der Waals surface area contributed by atoms with Gasteiger partial charge in [0.2, 0.25) is 5.78 Å². The minimum Gasteiger partial charge on any atom is -0.455 e. The smallest absolute Gasteiger partial charge is 0.375 e. The summed E-state index contributed by atoms with van der Waals surface area (Å²) in [5, 5.41) is 0. The van der Waals surface area contributed by atoms with Gasteiger partial charge >= 0.3 is 5.97 Å². The highest BCUT2D eigenvalue weighted by Gasteiger charge is 2.17. The first-order valence-corrected chi connectivity index (χ1v) is 6.23. The standard InChI is InChI=1S/C16H12F2O3/c17-13-6-12(7-14(18)9-13)8-15(19)16(20)21-10-11-4-2-1-3-5-11/h1-7,9H,8,10H2. The first kappa shape index (κ1) is 14.8. The van der Waals surface area contributed by atoms with E-state index in [-0.39, 0.29) is 12.2 Å². The summed E-state index contributed by atoms with van der Waals surface area (Å²) in [5.41, 5.74) is 0.838. The first-order chi connectivity index (χ1) is 10.0. The molecule has 2 aromatic carbocycles. The molecule has 21 heavy (non-hydrogen) atoms. The van der Waals surface area contributed by atoms with E-state index in [2.05, 4.69) is 0 Å². The summed E-state index contributed by atoms with van der Waals surface area (Å²) in [7, 11) is 0. The van der Waals surface area contributed by atoms with Crippen LogP contribution in [0.3, 0.4) is 0 Å². The molecule has 0 fully saturated rings. The maximum Gasteiger partial charge on any atom is 0.375 e. The molecule has 0 spiro atoms. The van der Waals surface area contributed by atoms with Gasteiger partial charge < -0.3 is 4.74 Å². The van der Waals surface area contributed by atoms with E-state index >= 15 is 0 Å². The second kappa shape index (κ2) is 6.74. The number of carbonyl (C=O) groups is 2. The monoisotopic (exact) mass is 290 g/mol. The zero-order chi connectivity index (χ0) is 15.2. The van der Waals surface area contributed by atoms with Gasteiger partial charge in [-0.2, -0.15) is 0 Å². The molecule has 0 bridgehead atoms. The number of hydrogen-bond acceptors (Lipinski definition) is 3. The average Bonchev–Trinajstić information content (AvgIpc) is 2.44. The Morgan fingerprint density at radius 2 is 1.52 bits per heavy atom. The van der Waals surface area contributed by atoms with E-state index in [0.29, 0.717) is 6.07 Å². The quantitative estimate of drug-likeness (QED) is 0.628. The van der Waals surface area contributed by atoms with Gasteiger partial charge in [-0.15, -0.1) is 0 Å². The Labute approximate surface area is 120 Å². The van der Waals surface area contributed by atoms with E-state index in [4.69, 9.17) is 4.74 Å². The normalized spacial score (nSPS) is 10.2. The fourth-order valence-electron chi connectivity index (χ4n) is 1.77. The van der Waals surface area contributed by atoms with E-state index in [9.17, 15) is 18.4 Å². The van der Waals surface area contributed by atoms with Gasteiger partial charge in [0.15, 0.2) is 0 Å². The van der Waals surface area contributed by atoms with Crippen molar-refractivity contribution in [3.05, 3.63) is 71.3 Å². The summed E-state index contributed by atoms with van der Waals surface area (Å²) in [6.45, 7) is -0.0249.